The molecule has 0 radical (unpaired) electrons. The van der Waals surface area contributed by atoms with Crippen molar-refractivity contribution in [3.63, 3.8) is 0 Å². The molecule has 0 saturated carbocycles. The molecule has 3 atom stereocenters. The molecule has 0 aliphatic carbocycles. The van der Waals surface area contributed by atoms with E-state index in [1.807, 2.05) is 0 Å². The SMILES string of the molecule is CC/C=C\C/C=C\C/C=C\C/C=C\CCCCC(=O)OC(COC(=O)CCCCCCCCCCC/C=C\C/C=C\CCCCC)COP(=O)(O)OCC(CO)OC(=O)CCCCCCCCCCC. The van der Waals surface area contributed by atoms with Gasteiger partial charge in [-0.1, -0.05) is 203 Å². The molecular weight excluding hydrogens is 904 g/mol. The average molecular weight is 1010 g/mol. The summed E-state index contributed by atoms with van der Waals surface area (Å²) in [7, 11) is -4.75. The number of carbonyl (C=O) groups excluding carboxylic acids is 3. The highest BCUT2D eigenvalue weighted by Gasteiger charge is 2.28. The van der Waals surface area contributed by atoms with Crippen LogP contribution < -0.4 is 0 Å². The number of ether oxygens (including phenoxy) is 3. The number of phosphoric ester groups is 1. The smallest absolute Gasteiger partial charge is 0.462 e. The number of esters is 3. The lowest BCUT2D eigenvalue weighted by molar-refractivity contribution is -0.161. The van der Waals surface area contributed by atoms with Gasteiger partial charge in [0.1, 0.15) is 12.7 Å². The highest BCUT2D eigenvalue weighted by molar-refractivity contribution is 7.47. The third-order valence-electron chi connectivity index (χ3n) is 11.6. The Labute approximate surface area is 427 Å². The zero-order chi connectivity index (χ0) is 51.3. The van der Waals surface area contributed by atoms with Crippen molar-refractivity contribution in [1.29, 1.82) is 0 Å². The summed E-state index contributed by atoms with van der Waals surface area (Å²) in [4.78, 5) is 48.4. The lowest BCUT2D eigenvalue weighted by Gasteiger charge is -2.21. The maximum Gasteiger partial charge on any atom is 0.472 e. The van der Waals surface area contributed by atoms with Crippen molar-refractivity contribution in [2.24, 2.45) is 0 Å². The number of hydrogen-bond donors (Lipinski definition) is 2. The lowest BCUT2D eigenvalue weighted by atomic mass is 10.1. The molecule has 0 fully saturated rings. The van der Waals surface area contributed by atoms with Crippen LogP contribution in [-0.4, -0.2) is 66.5 Å². The van der Waals surface area contributed by atoms with Gasteiger partial charge in [-0.05, 0) is 89.9 Å². The van der Waals surface area contributed by atoms with Crippen molar-refractivity contribution in [2.75, 3.05) is 26.4 Å². The first kappa shape index (κ1) is 66.9. The van der Waals surface area contributed by atoms with Gasteiger partial charge >= 0.3 is 25.7 Å². The van der Waals surface area contributed by atoms with Crippen molar-refractivity contribution in [3.8, 4) is 0 Å². The molecule has 70 heavy (non-hydrogen) atoms. The molecule has 0 saturated heterocycles. The van der Waals surface area contributed by atoms with Crippen LogP contribution in [0, 0.1) is 0 Å². The first-order valence-corrected chi connectivity index (χ1v) is 29.3. The fourth-order valence-corrected chi connectivity index (χ4v) is 8.16. The molecule has 0 aliphatic heterocycles. The number of aliphatic hydroxyl groups is 1. The maximum absolute atomic E-state index is 12.9. The van der Waals surface area contributed by atoms with E-state index >= 15 is 0 Å². The fourth-order valence-electron chi connectivity index (χ4n) is 7.38. The summed E-state index contributed by atoms with van der Waals surface area (Å²) in [6, 6.07) is 0. The Hall–Kier alpha value is -3.08. The molecule has 404 valence electrons. The van der Waals surface area contributed by atoms with Crippen LogP contribution in [0.5, 0.6) is 0 Å². The molecule has 0 aromatic rings. The molecule has 0 rings (SSSR count). The molecule has 0 spiro atoms. The number of aliphatic hydroxyl groups excluding tert-OH is 1. The van der Waals surface area contributed by atoms with Crippen LogP contribution in [0.3, 0.4) is 0 Å². The molecule has 0 amide bonds. The molecule has 2 N–H and O–H groups in total. The van der Waals surface area contributed by atoms with Gasteiger partial charge in [-0.3, -0.25) is 23.4 Å². The summed E-state index contributed by atoms with van der Waals surface area (Å²) >= 11 is 0. The highest BCUT2D eigenvalue weighted by Crippen LogP contribution is 2.43. The van der Waals surface area contributed by atoms with Crippen LogP contribution in [0.1, 0.15) is 239 Å². The summed E-state index contributed by atoms with van der Waals surface area (Å²) < 4.78 is 39.3. The van der Waals surface area contributed by atoms with Crippen molar-refractivity contribution < 1.29 is 52.2 Å². The molecule has 11 nitrogen and oxygen atoms in total. The van der Waals surface area contributed by atoms with Crippen molar-refractivity contribution in [2.45, 2.75) is 251 Å². The highest BCUT2D eigenvalue weighted by atomic mass is 31.2. The van der Waals surface area contributed by atoms with E-state index in [1.54, 1.807) is 0 Å². The van der Waals surface area contributed by atoms with E-state index < -0.39 is 57.8 Å². The van der Waals surface area contributed by atoms with E-state index in [1.165, 1.54) is 89.9 Å². The number of hydrogen-bond acceptors (Lipinski definition) is 10. The van der Waals surface area contributed by atoms with Gasteiger partial charge in [0.25, 0.3) is 0 Å². The van der Waals surface area contributed by atoms with Gasteiger partial charge in [0, 0.05) is 19.3 Å². The second-order valence-corrected chi connectivity index (χ2v) is 19.8. The minimum absolute atomic E-state index is 0.114. The Morgan fingerprint density at radius 3 is 1.20 bits per heavy atom. The van der Waals surface area contributed by atoms with Gasteiger partial charge in [-0.15, -0.1) is 0 Å². The van der Waals surface area contributed by atoms with E-state index in [0.29, 0.717) is 19.3 Å². The second-order valence-electron chi connectivity index (χ2n) is 18.4. The zero-order valence-electron chi connectivity index (χ0n) is 44.5. The lowest BCUT2D eigenvalue weighted by Crippen LogP contribution is -2.30. The predicted molar refractivity (Wildman–Crippen MR) is 288 cm³/mol. The van der Waals surface area contributed by atoms with Gasteiger partial charge in [0.15, 0.2) is 6.10 Å². The van der Waals surface area contributed by atoms with Gasteiger partial charge in [-0.2, -0.15) is 0 Å². The standard InChI is InChI=1S/C58H101O11P/c1-4-7-10-13-16-19-21-23-25-26-27-28-30-31-33-36-38-41-44-47-56(60)65-51-55(69-58(62)49-46-43-40-37-34-32-29-24-22-20-17-14-11-8-5-2)53-67-70(63,64)66-52-54(50-59)68-57(61)48-45-42-39-35-18-15-12-9-6-3/h8,11,16-17,19-20,23-25,29,34,37,54-55,59H,4-7,9-10,12-15,18,21-22,26-28,30-33,35-36,38-53H2,1-3H3,(H,63,64)/b11-8-,19-16-,20-17-,25-23-,29-24-,37-34-. The topological polar surface area (TPSA) is 155 Å². The maximum atomic E-state index is 12.9. The molecule has 3 unspecified atom stereocenters. The van der Waals surface area contributed by atoms with Crippen LogP contribution in [0.15, 0.2) is 72.9 Å². The summed E-state index contributed by atoms with van der Waals surface area (Å²) in [6.07, 6.45) is 57.4. The Morgan fingerprint density at radius 1 is 0.414 bits per heavy atom. The average Bonchev–Trinajstić information content (AvgIpc) is 3.35. The van der Waals surface area contributed by atoms with Crippen molar-refractivity contribution in [1.82, 2.24) is 0 Å². The van der Waals surface area contributed by atoms with E-state index in [-0.39, 0.29) is 25.9 Å². The number of unbranched alkanes of at least 4 members (excludes halogenated alkanes) is 22. The molecule has 0 aromatic heterocycles. The predicted octanol–water partition coefficient (Wildman–Crippen LogP) is 16.1. The van der Waals surface area contributed by atoms with Gasteiger partial charge in [0.2, 0.25) is 0 Å². The molecular formula is C58H101O11P. The number of rotatable bonds is 51. The summed E-state index contributed by atoms with van der Waals surface area (Å²) in [5.74, 6) is -1.52. The summed E-state index contributed by atoms with van der Waals surface area (Å²) in [5, 5.41) is 9.76. The number of carbonyl (C=O) groups is 3. The number of phosphoric acid groups is 1. The first-order chi connectivity index (χ1) is 34.2. The van der Waals surface area contributed by atoms with Crippen LogP contribution in [0.25, 0.3) is 0 Å². The molecule has 0 heterocycles. The van der Waals surface area contributed by atoms with Gasteiger partial charge < -0.3 is 24.2 Å². The van der Waals surface area contributed by atoms with Crippen LogP contribution in [-0.2, 0) is 42.2 Å². The molecule has 12 heteroatoms. The largest absolute Gasteiger partial charge is 0.472 e. The normalized spacial score (nSPS) is 14.0. The fraction of sp³-hybridized carbons (Fsp3) is 0.741. The Balaban J connectivity index is 4.76. The summed E-state index contributed by atoms with van der Waals surface area (Å²) in [5.41, 5.74) is 0. The monoisotopic (exact) mass is 1000 g/mol. The van der Waals surface area contributed by atoms with Crippen LogP contribution in [0.2, 0.25) is 0 Å². The van der Waals surface area contributed by atoms with Crippen LogP contribution >= 0.6 is 7.82 Å². The van der Waals surface area contributed by atoms with E-state index in [2.05, 4.69) is 93.7 Å². The van der Waals surface area contributed by atoms with Gasteiger partial charge in [-0.25, -0.2) is 4.57 Å². The Kier molecular flexibility index (Phi) is 50.0. The molecule has 0 aromatic carbocycles. The number of allylic oxidation sites excluding steroid dienone is 12. The van der Waals surface area contributed by atoms with Crippen molar-refractivity contribution >= 4 is 25.7 Å². The summed E-state index contributed by atoms with van der Waals surface area (Å²) in [6.45, 7) is 4.43. The molecule has 0 aliphatic rings. The van der Waals surface area contributed by atoms with E-state index in [4.69, 9.17) is 23.3 Å². The van der Waals surface area contributed by atoms with E-state index in [0.717, 1.165) is 89.9 Å². The van der Waals surface area contributed by atoms with Crippen molar-refractivity contribution in [3.05, 3.63) is 72.9 Å². The molecule has 0 bridgehead atoms. The third kappa shape index (κ3) is 49.9. The second kappa shape index (κ2) is 52.2. The Bertz CT molecular complexity index is 1450. The minimum atomic E-state index is -4.75. The van der Waals surface area contributed by atoms with Gasteiger partial charge in [0.05, 0.1) is 19.8 Å². The Morgan fingerprint density at radius 2 is 0.743 bits per heavy atom. The minimum Gasteiger partial charge on any atom is -0.462 e. The third-order valence-corrected chi connectivity index (χ3v) is 12.6. The van der Waals surface area contributed by atoms with Crippen LogP contribution in [0.4, 0.5) is 0 Å². The first-order valence-electron chi connectivity index (χ1n) is 27.8. The van der Waals surface area contributed by atoms with E-state index in [9.17, 15) is 28.9 Å². The quantitative estimate of drug-likeness (QED) is 0.0197. The zero-order valence-corrected chi connectivity index (χ0v) is 45.4.